The van der Waals surface area contributed by atoms with E-state index in [1.807, 2.05) is 5.01 Å². The molecule has 0 unspecified atom stereocenters. The summed E-state index contributed by atoms with van der Waals surface area (Å²) >= 11 is 0. The van der Waals surface area contributed by atoms with Gasteiger partial charge >= 0.3 is 0 Å². The lowest BCUT2D eigenvalue weighted by Crippen LogP contribution is -2.40. The smallest absolute Gasteiger partial charge is 0.283 e. The fourth-order valence-corrected chi connectivity index (χ4v) is 1.42. The first kappa shape index (κ1) is 8.25. The molecule has 1 amide bonds. The number of carbonyl (C=O) groups excluding carboxylic acids is 1. The lowest BCUT2D eigenvalue weighted by atomic mass is 10.4. The lowest BCUT2D eigenvalue weighted by molar-refractivity contribution is 0.0820. The molecule has 5 heteroatoms. The summed E-state index contributed by atoms with van der Waals surface area (Å²) in [6.07, 6.45) is 3.88. The van der Waals surface area contributed by atoms with Crippen LogP contribution in [0.1, 0.15) is 23.3 Å². The number of hydrogen-bond donors (Lipinski definition) is 2. The Hall–Kier alpha value is -1.36. The number of carbonyl (C=O) groups is 1. The Labute approximate surface area is 76.1 Å². The third kappa shape index (κ3) is 1.86. The molecule has 2 heterocycles. The number of H-pyrrole nitrogens is 1. The Kier molecular flexibility index (Phi) is 2.27. The number of hydrogen-bond acceptors (Lipinski definition) is 3. The van der Waals surface area contributed by atoms with E-state index in [0.29, 0.717) is 5.69 Å². The van der Waals surface area contributed by atoms with Gasteiger partial charge in [-0.15, -0.1) is 0 Å². The van der Waals surface area contributed by atoms with Gasteiger partial charge < -0.3 is 0 Å². The fraction of sp³-hybridized carbons (Fsp3) is 0.500. The maximum atomic E-state index is 11.4. The number of amides is 1. The number of hydrazine groups is 1. The molecule has 0 aromatic carbocycles. The van der Waals surface area contributed by atoms with Crippen molar-refractivity contribution in [3.63, 3.8) is 0 Å². The third-order valence-corrected chi connectivity index (χ3v) is 2.11. The van der Waals surface area contributed by atoms with Gasteiger partial charge in [0.05, 0.1) is 0 Å². The molecule has 0 bridgehead atoms. The molecular formula is C8H12N4O. The van der Waals surface area contributed by atoms with Crippen molar-refractivity contribution >= 4 is 5.91 Å². The van der Waals surface area contributed by atoms with E-state index in [9.17, 15) is 4.79 Å². The molecule has 5 nitrogen and oxygen atoms in total. The number of rotatable bonds is 2. The molecule has 0 aliphatic carbocycles. The number of aromatic amines is 1. The fourth-order valence-electron chi connectivity index (χ4n) is 1.42. The molecule has 0 spiro atoms. The minimum Gasteiger partial charge on any atom is -0.283 e. The first-order chi connectivity index (χ1) is 6.36. The van der Waals surface area contributed by atoms with Gasteiger partial charge in [0.25, 0.3) is 5.91 Å². The highest BCUT2D eigenvalue weighted by Gasteiger charge is 2.15. The van der Waals surface area contributed by atoms with Crippen LogP contribution in [-0.2, 0) is 0 Å². The molecule has 1 saturated heterocycles. The Morgan fingerprint density at radius 3 is 2.92 bits per heavy atom. The molecule has 70 valence electrons. The van der Waals surface area contributed by atoms with Crippen molar-refractivity contribution in [3.05, 3.63) is 18.0 Å². The normalized spacial score (nSPS) is 17.5. The van der Waals surface area contributed by atoms with Crippen LogP contribution in [-0.4, -0.2) is 34.2 Å². The molecule has 0 atom stereocenters. The van der Waals surface area contributed by atoms with Crippen molar-refractivity contribution < 1.29 is 4.79 Å². The van der Waals surface area contributed by atoms with E-state index >= 15 is 0 Å². The minimum absolute atomic E-state index is 0.112. The van der Waals surface area contributed by atoms with Crippen LogP contribution in [0, 0.1) is 0 Å². The van der Waals surface area contributed by atoms with E-state index < -0.39 is 0 Å². The second-order valence-electron chi connectivity index (χ2n) is 3.11. The van der Waals surface area contributed by atoms with Crippen molar-refractivity contribution in [2.75, 3.05) is 13.1 Å². The van der Waals surface area contributed by atoms with E-state index in [0.717, 1.165) is 25.9 Å². The van der Waals surface area contributed by atoms with Gasteiger partial charge in [0.1, 0.15) is 5.69 Å². The Morgan fingerprint density at radius 1 is 1.54 bits per heavy atom. The van der Waals surface area contributed by atoms with E-state index in [2.05, 4.69) is 15.6 Å². The Balaban J connectivity index is 1.91. The van der Waals surface area contributed by atoms with Gasteiger partial charge in [-0.25, -0.2) is 5.01 Å². The molecule has 0 saturated carbocycles. The van der Waals surface area contributed by atoms with Crippen molar-refractivity contribution in [1.29, 1.82) is 0 Å². The SMILES string of the molecule is O=C(NN1CCCC1)c1ccn[nH]1. The Morgan fingerprint density at radius 2 is 2.31 bits per heavy atom. The van der Waals surface area contributed by atoms with Gasteiger partial charge in [-0.3, -0.25) is 15.3 Å². The zero-order valence-electron chi connectivity index (χ0n) is 7.29. The van der Waals surface area contributed by atoms with Crippen LogP contribution >= 0.6 is 0 Å². The van der Waals surface area contributed by atoms with E-state index in [4.69, 9.17) is 0 Å². The van der Waals surface area contributed by atoms with Crippen molar-refractivity contribution in [1.82, 2.24) is 20.6 Å². The average molecular weight is 180 g/mol. The average Bonchev–Trinajstić information content (AvgIpc) is 2.74. The second kappa shape index (κ2) is 3.57. The predicted molar refractivity (Wildman–Crippen MR) is 46.9 cm³/mol. The summed E-state index contributed by atoms with van der Waals surface area (Å²) in [5, 5.41) is 8.27. The van der Waals surface area contributed by atoms with Crippen molar-refractivity contribution in [3.8, 4) is 0 Å². The topological polar surface area (TPSA) is 61.0 Å². The molecular weight excluding hydrogens is 168 g/mol. The van der Waals surface area contributed by atoms with Gasteiger partial charge in [0.15, 0.2) is 0 Å². The van der Waals surface area contributed by atoms with Gasteiger partial charge in [-0.2, -0.15) is 5.10 Å². The summed E-state index contributed by atoms with van der Waals surface area (Å²) in [5.41, 5.74) is 3.31. The first-order valence-corrected chi connectivity index (χ1v) is 4.41. The third-order valence-electron chi connectivity index (χ3n) is 2.11. The highest BCUT2D eigenvalue weighted by molar-refractivity contribution is 5.91. The van der Waals surface area contributed by atoms with Crippen LogP contribution in [0.15, 0.2) is 12.3 Å². The van der Waals surface area contributed by atoms with Gasteiger partial charge in [-0.05, 0) is 18.9 Å². The van der Waals surface area contributed by atoms with Crippen LogP contribution in [0.4, 0.5) is 0 Å². The summed E-state index contributed by atoms with van der Waals surface area (Å²) in [6.45, 7) is 1.89. The molecule has 13 heavy (non-hydrogen) atoms. The lowest BCUT2D eigenvalue weighted by Gasteiger charge is -2.14. The second-order valence-corrected chi connectivity index (χ2v) is 3.11. The molecule has 2 N–H and O–H groups in total. The van der Waals surface area contributed by atoms with Crippen LogP contribution in [0.25, 0.3) is 0 Å². The monoisotopic (exact) mass is 180 g/mol. The summed E-state index contributed by atoms with van der Waals surface area (Å²) < 4.78 is 0. The summed E-state index contributed by atoms with van der Waals surface area (Å²) in [7, 11) is 0. The summed E-state index contributed by atoms with van der Waals surface area (Å²) in [5.74, 6) is -0.112. The van der Waals surface area contributed by atoms with Crippen molar-refractivity contribution in [2.45, 2.75) is 12.8 Å². The molecule has 1 fully saturated rings. The summed E-state index contributed by atoms with van der Waals surface area (Å²) in [4.78, 5) is 11.4. The van der Waals surface area contributed by atoms with Gasteiger partial charge in [0, 0.05) is 19.3 Å². The molecule has 1 aliphatic heterocycles. The molecule has 2 rings (SSSR count). The standard InChI is InChI=1S/C8H12N4O/c13-8(7-3-4-9-10-7)11-12-5-1-2-6-12/h3-4H,1-2,5-6H2,(H,9,10)(H,11,13). The van der Waals surface area contributed by atoms with Crippen LogP contribution < -0.4 is 5.43 Å². The number of nitrogens with zero attached hydrogens (tertiary/aromatic N) is 2. The molecule has 1 aromatic heterocycles. The quantitative estimate of drug-likeness (QED) is 0.681. The molecule has 1 aromatic rings. The molecule has 0 radical (unpaired) electrons. The van der Waals surface area contributed by atoms with Crippen molar-refractivity contribution in [2.24, 2.45) is 0 Å². The van der Waals surface area contributed by atoms with E-state index in [-0.39, 0.29) is 5.91 Å². The maximum absolute atomic E-state index is 11.4. The minimum atomic E-state index is -0.112. The van der Waals surface area contributed by atoms with Crippen LogP contribution in [0.5, 0.6) is 0 Å². The zero-order chi connectivity index (χ0) is 9.10. The van der Waals surface area contributed by atoms with Gasteiger partial charge in [-0.1, -0.05) is 0 Å². The largest absolute Gasteiger partial charge is 0.283 e. The Bertz CT molecular complexity index is 276. The number of aromatic nitrogens is 2. The zero-order valence-corrected chi connectivity index (χ0v) is 7.29. The predicted octanol–water partition coefficient (Wildman–Crippen LogP) is 0.150. The van der Waals surface area contributed by atoms with Crippen LogP contribution in [0.2, 0.25) is 0 Å². The highest BCUT2D eigenvalue weighted by Crippen LogP contribution is 2.04. The first-order valence-electron chi connectivity index (χ1n) is 4.41. The van der Waals surface area contributed by atoms with E-state index in [1.165, 1.54) is 0 Å². The van der Waals surface area contributed by atoms with Gasteiger partial charge in [0.2, 0.25) is 0 Å². The highest BCUT2D eigenvalue weighted by atomic mass is 16.2. The number of nitrogens with one attached hydrogen (secondary N) is 2. The maximum Gasteiger partial charge on any atom is 0.283 e. The summed E-state index contributed by atoms with van der Waals surface area (Å²) in [6, 6.07) is 1.66. The molecule has 1 aliphatic rings. The van der Waals surface area contributed by atoms with E-state index in [1.54, 1.807) is 12.3 Å². The van der Waals surface area contributed by atoms with Crippen LogP contribution in [0.3, 0.4) is 0 Å².